The van der Waals surface area contributed by atoms with E-state index in [9.17, 15) is 0 Å². The van der Waals surface area contributed by atoms with Gasteiger partial charge in [0, 0.05) is 11.3 Å². The van der Waals surface area contributed by atoms with Gasteiger partial charge in [0.25, 0.3) is 0 Å². The van der Waals surface area contributed by atoms with Gasteiger partial charge in [-0.15, -0.1) is 0 Å². The summed E-state index contributed by atoms with van der Waals surface area (Å²) in [4.78, 5) is 0. The maximum atomic E-state index is 8.81. The Hall–Kier alpha value is -1.34. The predicted molar refractivity (Wildman–Crippen MR) is 78.8 cm³/mol. The van der Waals surface area contributed by atoms with Crippen LogP contribution in [-0.2, 0) is 0 Å². The lowest BCUT2D eigenvalue weighted by Gasteiger charge is -2.29. The smallest absolute Gasteiger partial charge is 0.0992 e. The summed E-state index contributed by atoms with van der Waals surface area (Å²) >= 11 is 1.96. The van der Waals surface area contributed by atoms with Crippen LogP contribution in [0.1, 0.15) is 31.2 Å². The van der Waals surface area contributed by atoms with Crippen molar-refractivity contribution in [3.05, 3.63) is 23.8 Å². The van der Waals surface area contributed by atoms with Crippen LogP contribution in [0.2, 0.25) is 0 Å². The number of nitrogens with zero attached hydrogens (tertiary/aromatic N) is 1. The third kappa shape index (κ3) is 3.11. The zero-order valence-electron chi connectivity index (χ0n) is 10.6. The van der Waals surface area contributed by atoms with Gasteiger partial charge >= 0.3 is 0 Å². The topological polar surface area (TPSA) is 61.8 Å². The minimum atomic E-state index is 0.506. The highest BCUT2D eigenvalue weighted by molar-refractivity contribution is 7.99. The molecule has 0 aromatic heterocycles. The van der Waals surface area contributed by atoms with Crippen molar-refractivity contribution in [3.8, 4) is 6.07 Å². The molecule has 1 fully saturated rings. The molecule has 0 spiro atoms. The Morgan fingerprint density at radius 2 is 2.28 bits per heavy atom. The fourth-order valence-electron chi connectivity index (χ4n) is 2.47. The van der Waals surface area contributed by atoms with E-state index in [-0.39, 0.29) is 0 Å². The zero-order chi connectivity index (χ0) is 13.0. The van der Waals surface area contributed by atoms with Crippen LogP contribution in [0.15, 0.2) is 18.2 Å². The number of rotatable bonds is 3. The fourth-order valence-corrected chi connectivity index (χ4v) is 3.30. The SMILES string of the molecule is CSC1CCCC(Nc2ccc(C#N)cc2N)C1. The van der Waals surface area contributed by atoms with Crippen molar-refractivity contribution in [1.29, 1.82) is 5.26 Å². The normalized spacial score (nSPS) is 23.3. The monoisotopic (exact) mass is 261 g/mol. The summed E-state index contributed by atoms with van der Waals surface area (Å²) in [5, 5.41) is 13.1. The number of nitrogen functional groups attached to an aromatic ring is 1. The van der Waals surface area contributed by atoms with E-state index in [1.807, 2.05) is 23.9 Å². The maximum absolute atomic E-state index is 8.81. The van der Waals surface area contributed by atoms with Crippen LogP contribution in [0, 0.1) is 11.3 Å². The van der Waals surface area contributed by atoms with Crippen LogP contribution in [0.4, 0.5) is 11.4 Å². The molecule has 1 aliphatic carbocycles. The molecule has 0 aliphatic heterocycles. The molecule has 1 saturated carbocycles. The Labute approximate surface area is 113 Å². The van der Waals surface area contributed by atoms with Crippen LogP contribution < -0.4 is 11.1 Å². The summed E-state index contributed by atoms with van der Waals surface area (Å²) in [6.45, 7) is 0. The standard InChI is InChI=1S/C14H19N3S/c1-18-12-4-2-3-11(8-12)17-14-6-5-10(9-15)7-13(14)16/h5-7,11-12,17H,2-4,8,16H2,1H3. The van der Waals surface area contributed by atoms with E-state index in [0.717, 1.165) is 10.9 Å². The lowest BCUT2D eigenvalue weighted by atomic mass is 9.94. The summed E-state index contributed by atoms with van der Waals surface area (Å²) in [5.74, 6) is 0. The Kier molecular flexibility index (Phi) is 4.38. The lowest BCUT2D eigenvalue weighted by molar-refractivity contribution is 0.474. The molecule has 3 N–H and O–H groups in total. The summed E-state index contributed by atoms with van der Waals surface area (Å²) in [7, 11) is 0. The third-order valence-electron chi connectivity index (χ3n) is 3.50. The number of benzene rings is 1. The largest absolute Gasteiger partial charge is 0.397 e. The molecule has 0 bridgehead atoms. The minimum absolute atomic E-state index is 0.506. The van der Waals surface area contributed by atoms with Crippen molar-refractivity contribution in [2.45, 2.75) is 37.0 Å². The van der Waals surface area contributed by atoms with Gasteiger partial charge in [-0.2, -0.15) is 17.0 Å². The highest BCUT2D eigenvalue weighted by atomic mass is 32.2. The molecule has 1 aliphatic rings. The van der Waals surface area contributed by atoms with E-state index in [2.05, 4.69) is 17.6 Å². The number of nitrogens with two attached hydrogens (primary N) is 1. The van der Waals surface area contributed by atoms with E-state index in [0.29, 0.717) is 17.3 Å². The average Bonchev–Trinajstić information content (AvgIpc) is 2.41. The minimum Gasteiger partial charge on any atom is -0.397 e. The summed E-state index contributed by atoms with van der Waals surface area (Å²) in [5.41, 5.74) is 8.20. The van der Waals surface area contributed by atoms with E-state index in [1.165, 1.54) is 25.7 Å². The van der Waals surface area contributed by atoms with Crippen LogP contribution in [0.3, 0.4) is 0 Å². The third-order valence-corrected chi connectivity index (χ3v) is 4.59. The molecule has 1 aromatic rings. The number of anilines is 2. The molecule has 18 heavy (non-hydrogen) atoms. The van der Waals surface area contributed by atoms with Crippen LogP contribution in [-0.4, -0.2) is 17.5 Å². The van der Waals surface area contributed by atoms with Gasteiger partial charge in [-0.3, -0.25) is 0 Å². The number of hydrogen-bond donors (Lipinski definition) is 2. The second kappa shape index (κ2) is 6.01. The molecule has 0 amide bonds. The van der Waals surface area contributed by atoms with Gasteiger partial charge in [-0.1, -0.05) is 6.42 Å². The first-order chi connectivity index (χ1) is 8.72. The van der Waals surface area contributed by atoms with Crippen molar-refractivity contribution in [1.82, 2.24) is 0 Å². The molecule has 0 radical (unpaired) electrons. The van der Waals surface area contributed by atoms with Crippen molar-refractivity contribution in [2.24, 2.45) is 0 Å². The number of nitrogens with one attached hydrogen (secondary N) is 1. The number of hydrogen-bond acceptors (Lipinski definition) is 4. The van der Waals surface area contributed by atoms with Gasteiger partial charge in [-0.05, 0) is 43.7 Å². The van der Waals surface area contributed by atoms with Crippen molar-refractivity contribution in [2.75, 3.05) is 17.3 Å². The van der Waals surface area contributed by atoms with E-state index < -0.39 is 0 Å². The number of thioether (sulfide) groups is 1. The Morgan fingerprint density at radius 3 is 2.94 bits per heavy atom. The molecule has 2 atom stereocenters. The Balaban J connectivity index is 2.03. The quantitative estimate of drug-likeness (QED) is 0.820. The van der Waals surface area contributed by atoms with Gasteiger partial charge < -0.3 is 11.1 Å². The van der Waals surface area contributed by atoms with Crippen LogP contribution in [0.5, 0.6) is 0 Å². The summed E-state index contributed by atoms with van der Waals surface area (Å²) < 4.78 is 0. The Morgan fingerprint density at radius 1 is 1.44 bits per heavy atom. The first-order valence-electron chi connectivity index (χ1n) is 6.32. The highest BCUT2D eigenvalue weighted by Gasteiger charge is 2.21. The van der Waals surface area contributed by atoms with Gasteiger partial charge in [0.05, 0.1) is 23.0 Å². The summed E-state index contributed by atoms with van der Waals surface area (Å²) in [6.07, 6.45) is 7.18. The maximum Gasteiger partial charge on any atom is 0.0992 e. The van der Waals surface area contributed by atoms with Crippen molar-refractivity contribution in [3.63, 3.8) is 0 Å². The molecule has 96 valence electrons. The average molecular weight is 261 g/mol. The molecule has 2 unspecified atom stereocenters. The van der Waals surface area contributed by atoms with E-state index in [4.69, 9.17) is 11.0 Å². The molecule has 1 aromatic carbocycles. The molecule has 0 saturated heterocycles. The molecule has 4 heteroatoms. The fraction of sp³-hybridized carbons (Fsp3) is 0.500. The van der Waals surface area contributed by atoms with Crippen LogP contribution in [0.25, 0.3) is 0 Å². The second-order valence-corrected chi connectivity index (χ2v) is 5.92. The Bertz CT molecular complexity index is 453. The highest BCUT2D eigenvalue weighted by Crippen LogP contribution is 2.30. The van der Waals surface area contributed by atoms with E-state index in [1.54, 1.807) is 6.07 Å². The first kappa shape index (κ1) is 13.1. The van der Waals surface area contributed by atoms with Gasteiger partial charge in [0.1, 0.15) is 0 Å². The van der Waals surface area contributed by atoms with Crippen LogP contribution >= 0.6 is 11.8 Å². The second-order valence-electron chi connectivity index (χ2n) is 4.78. The van der Waals surface area contributed by atoms with Gasteiger partial charge in [0.15, 0.2) is 0 Å². The lowest BCUT2D eigenvalue weighted by Crippen LogP contribution is -2.28. The predicted octanol–water partition coefficient (Wildman–Crippen LogP) is 3.23. The number of nitriles is 1. The zero-order valence-corrected chi connectivity index (χ0v) is 11.5. The molecule has 3 nitrogen and oxygen atoms in total. The molecular weight excluding hydrogens is 242 g/mol. The van der Waals surface area contributed by atoms with Gasteiger partial charge in [0.2, 0.25) is 0 Å². The molecular formula is C14H19N3S. The molecule has 0 heterocycles. The van der Waals surface area contributed by atoms with E-state index >= 15 is 0 Å². The van der Waals surface area contributed by atoms with Crippen molar-refractivity contribution < 1.29 is 0 Å². The van der Waals surface area contributed by atoms with Crippen molar-refractivity contribution >= 4 is 23.1 Å². The first-order valence-corrected chi connectivity index (χ1v) is 7.60. The van der Waals surface area contributed by atoms with Gasteiger partial charge in [-0.25, -0.2) is 0 Å². The summed E-state index contributed by atoms with van der Waals surface area (Å²) in [6, 6.07) is 8.07. The molecule has 2 rings (SSSR count).